The molecule has 1 atom stereocenters. The molecule has 2 aromatic rings. The average molecular weight is 341 g/mol. The molecule has 0 fully saturated rings. The number of anilines is 1. The molecule has 1 amide bonds. The van der Waals surface area contributed by atoms with E-state index in [1.807, 2.05) is 30.3 Å². The number of amides is 1. The molecule has 1 aliphatic rings. The van der Waals surface area contributed by atoms with E-state index in [1.165, 1.54) is 5.69 Å². The molecule has 24 heavy (non-hydrogen) atoms. The SMILES string of the molecule is C=CCSc1ccccc1NC(=O)CN1CCn2cccc2[C@H]1C. The number of hydrogen-bond donors (Lipinski definition) is 1. The van der Waals surface area contributed by atoms with Gasteiger partial charge in [0.1, 0.15) is 0 Å². The van der Waals surface area contributed by atoms with Gasteiger partial charge in [-0.3, -0.25) is 9.69 Å². The Hall–Kier alpha value is -1.98. The maximum atomic E-state index is 12.5. The van der Waals surface area contributed by atoms with Gasteiger partial charge in [-0.1, -0.05) is 18.2 Å². The van der Waals surface area contributed by atoms with E-state index >= 15 is 0 Å². The summed E-state index contributed by atoms with van der Waals surface area (Å²) >= 11 is 1.68. The number of carbonyl (C=O) groups excluding carboxylic acids is 1. The van der Waals surface area contributed by atoms with Crippen LogP contribution in [0.1, 0.15) is 18.7 Å². The monoisotopic (exact) mass is 341 g/mol. The van der Waals surface area contributed by atoms with Gasteiger partial charge >= 0.3 is 0 Å². The predicted octanol–water partition coefficient (Wildman–Crippen LogP) is 3.78. The molecule has 1 aliphatic heterocycles. The summed E-state index contributed by atoms with van der Waals surface area (Å²) in [5.41, 5.74) is 2.15. The second kappa shape index (κ2) is 7.73. The Balaban J connectivity index is 1.63. The van der Waals surface area contributed by atoms with Crippen LogP contribution >= 0.6 is 11.8 Å². The number of nitrogens with zero attached hydrogens (tertiary/aromatic N) is 2. The van der Waals surface area contributed by atoms with Crippen LogP contribution in [0.4, 0.5) is 5.69 Å². The fourth-order valence-electron chi connectivity index (χ4n) is 3.06. The standard InChI is InChI=1S/C19H23N3OS/c1-3-13-24-18-9-5-4-7-16(18)20-19(23)14-22-12-11-21-10-6-8-17(21)15(22)2/h3-10,15H,1,11-14H2,2H3,(H,20,23)/t15-/m1/s1. The Morgan fingerprint density at radius 2 is 2.17 bits per heavy atom. The molecule has 1 N–H and O–H groups in total. The van der Waals surface area contributed by atoms with Gasteiger partial charge in [0.25, 0.3) is 0 Å². The summed E-state index contributed by atoms with van der Waals surface area (Å²) in [5, 5.41) is 3.06. The topological polar surface area (TPSA) is 37.3 Å². The van der Waals surface area contributed by atoms with Crippen LogP contribution in [-0.4, -0.2) is 34.2 Å². The van der Waals surface area contributed by atoms with Gasteiger partial charge in [-0.05, 0) is 31.2 Å². The van der Waals surface area contributed by atoms with E-state index in [4.69, 9.17) is 0 Å². The summed E-state index contributed by atoms with van der Waals surface area (Å²) in [4.78, 5) is 15.8. The van der Waals surface area contributed by atoms with E-state index in [0.717, 1.165) is 29.4 Å². The number of hydrogen-bond acceptors (Lipinski definition) is 3. The van der Waals surface area contributed by atoms with Gasteiger partial charge in [0.15, 0.2) is 0 Å². The Morgan fingerprint density at radius 3 is 3.00 bits per heavy atom. The van der Waals surface area contributed by atoms with Crippen molar-refractivity contribution in [3.05, 3.63) is 60.9 Å². The molecule has 0 radical (unpaired) electrons. The summed E-state index contributed by atoms with van der Waals surface area (Å²) in [7, 11) is 0. The number of thioether (sulfide) groups is 1. The largest absolute Gasteiger partial charge is 0.349 e. The number of carbonyl (C=O) groups is 1. The van der Waals surface area contributed by atoms with Gasteiger partial charge in [0, 0.05) is 41.7 Å². The van der Waals surface area contributed by atoms with Gasteiger partial charge in [-0.25, -0.2) is 0 Å². The van der Waals surface area contributed by atoms with Gasteiger partial charge in [-0.2, -0.15) is 0 Å². The van der Waals surface area contributed by atoms with Crippen molar-refractivity contribution in [3.8, 4) is 0 Å². The maximum absolute atomic E-state index is 12.5. The molecule has 3 rings (SSSR count). The van der Waals surface area contributed by atoms with E-state index < -0.39 is 0 Å². The van der Waals surface area contributed by atoms with Crippen molar-refractivity contribution in [3.63, 3.8) is 0 Å². The number of rotatable bonds is 6. The summed E-state index contributed by atoms with van der Waals surface area (Å²) in [6.07, 6.45) is 3.98. The van der Waals surface area contributed by atoms with Crippen LogP contribution in [0.3, 0.4) is 0 Å². The predicted molar refractivity (Wildman–Crippen MR) is 100 cm³/mol. The number of fused-ring (bicyclic) bond motifs is 1. The van der Waals surface area contributed by atoms with Crippen LogP contribution < -0.4 is 5.32 Å². The highest BCUT2D eigenvalue weighted by molar-refractivity contribution is 7.99. The zero-order valence-corrected chi connectivity index (χ0v) is 14.8. The second-order valence-corrected chi connectivity index (χ2v) is 6.98. The molecule has 0 aliphatic carbocycles. The van der Waals surface area contributed by atoms with Crippen molar-refractivity contribution < 1.29 is 4.79 Å². The molecule has 5 heteroatoms. The van der Waals surface area contributed by atoms with E-state index in [0.29, 0.717) is 6.54 Å². The molecule has 0 saturated carbocycles. The van der Waals surface area contributed by atoms with Crippen molar-refractivity contribution >= 4 is 23.4 Å². The summed E-state index contributed by atoms with van der Waals surface area (Å²) in [6.45, 7) is 8.15. The fraction of sp³-hybridized carbons (Fsp3) is 0.316. The minimum absolute atomic E-state index is 0.0357. The van der Waals surface area contributed by atoms with Crippen LogP contribution in [-0.2, 0) is 11.3 Å². The Morgan fingerprint density at radius 1 is 1.33 bits per heavy atom. The zero-order valence-electron chi connectivity index (χ0n) is 13.9. The van der Waals surface area contributed by atoms with Crippen molar-refractivity contribution in [2.75, 3.05) is 24.2 Å². The molecule has 2 heterocycles. The third kappa shape index (κ3) is 3.74. The number of para-hydroxylation sites is 1. The van der Waals surface area contributed by atoms with Crippen LogP contribution in [0.15, 0.2) is 60.1 Å². The highest BCUT2D eigenvalue weighted by Crippen LogP contribution is 2.28. The van der Waals surface area contributed by atoms with E-state index in [2.05, 4.69) is 46.6 Å². The summed E-state index contributed by atoms with van der Waals surface area (Å²) in [6, 6.07) is 12.4. The summed E-state index contributed by atoms with van der Waals surface area (Å²) in [5.74, 6) is 0.862. The smallest absolute Gasteiger partial charge is 0.238 e. The first kappa shape index (κ1) is 16.9. The molecule has 0 bridgehead atoms. The summed E-state index contributed by atoms with van der Waals surface area (Å²) < 4.78 is 2.26. The zero-order chi connectivity index (χ0) is 16.9. The van der Waals surface area contributed by atoms with Crippen molar-refractivity contribution in [2.24, 2.45) is 0 Å². The maximum Gasteiger partial charge on any atom is 0.238 e. The van der Waals surface area contributed by atoms with Crippen molar-refractivity contribution in [1.29, 1.82) is 0 Å². The first-order valence-electron chi connectivity index (χ1n) is 8.20. The molecule has 0 saturated heterocycles. The number of benzene rings is 1. The second-order valence-electron chi connectivity index (χ2n) is 5.92. The molecular formula is C19H23N3OS. The molecule has 1 aromatic heterocycles. The fourth-order valence-corrected chi connectivity index (χ4v) is 3.81. The highest BCUT2D eigenvalue weighted by Gasteiger charge is 2.25. The Bertz CT molecular complexity index is 725. The van der Waals surface area contributed by atoms with Gasteiger partial charge in [-0.15, -0.1) is 18.3 Å². The Labute approximate surface area is 147 Å². The minimum atomic E-state index is 0.0357. The lowest BCUT2D eigenvalue weighted by Crippen LogP contribution is -2.41. The average Bonchev–Trinajstić information content (AvgIpc) is 3.06. The third-order valence-electron chi connectivity index (χ3n) is 4.33. The number of aromatic nitrogens is 1. The molecule has 0 unspecified atom stereocenters. The normalized spacial score (nSPS) is 17.3. The lowest BCUT2D eigenvalue weighted by molar-refractivity contribution is -0.118. The molecule has 4 nitrogen and oxygen atoms in total. The molecular weight excluding hydrogens is 318 g/mol. The van der Waals surface area contributed by atoms with Crippen LogP contribution in [0.25, 0.3) is 0 Å². The molecule has 1 aromatic carbocycles. The van der Waals surface area contributed by atoms with E-state index in [-0.39, 0.29) is 11.9 Å². The quantitative estimate of drug-likeness (QED) is 0.642. The third-order valence-corrected chi connectivity index (χ3v) is 5.40. The first-order chi connectivity index (χ1) is 11.7. The first-order valence-corrected chi connectivity index (χ1v) is 9.19. The lowest BCUT2D eigenvalue weighted by Gasteiger charge is -2.34. The highest BCUT2D eigenvalue weighted by atomic mass is 32.2. The van der Waals surface area contributed by atoms with Crippen LogP contribution in [0.5, 0.6) is 0 Å². The number of nitrogens with one attached hydrogen (secondary N) is 1. The van der Waals surface area contributed by atoms with Gasteiger partial charge < -0.3 is 9.88 Å². The van der Waals surface area contributed by atoms with Crippen molar-refractivity contribution in [2.45, 2.75) is 24.4 Å². The Kier molecular flexibility index (Phi) is 5.43. The van der Waals surface area contributed by atoms with E-state index in [1.54, 1.807) is 11.8 Å². The minimum Gasteiger partial charge on any atom is -0.349 e. The molecule has 0 spiro atoms. The van der Waals surface area contributed by atoms with Gasteiger partial charge in [0.05, 0.1) is 12.2 Å². The lowest BCUT2D eigenvalue weighted by atomic mass is 10.1. The van der Waals surface area contributed by atoms with Crippen LogP contribution in [0.2, 0.25) is 0 Å². The van der Waals surface area contributed by atoms with E-state index in [9.17, 15) is 4.79 Å². The van der Waals surface area contributed by atoms with Gasteiger partial charge in [0.2, 0.25) is 5.91 Å². The van der Waals surface area contributed by atoms with Crippen molar-refractivity contribution in [1.82, 2.24) is 9.47 Å². The molecule has 126 valence electrons. The van der Waals surface area contributed by atoms with Crippen LogP contribution in [0, 0.1) is 0 Å².